The molecule has 0 aliphatic heterocycles. The fourth-order valence-corrected chi connectivity index (χ4v) is 3.04. The molecule has 0 aliphatic rings. The Bertz CT molecular complexity index is 740. The Kier molecular flexibility index (Phi) is 8.73. The summed E-state index contributed by atoms with van der Waals surface area (Å²) in [6.45, 7) is 18.1. The van der Waals surface area contributed by atoms with E-state index in [1.54, 1.807) is 0 Å². The molecular weight excluding hydrogens is 338 g/mol. The number of carbonyl (C=O) groups is 1. The molecule has 1 heterocycles. The van der Waals surface area contributed by atoms with E-state index in [1.165, 1.54) is 19.6 Å². The highest BCUT2D eigenvalue weighted by Gasteiger charge is 2.26. The normalized spacial score (nSPS) is 12.6. The van der Waals surface area contributed by atoms with Crippen molar-refractivity contribution in [1.29, 1.82) is 0 Å². The van der Waals surface area contributed by atoms with E-state index in [9.17, 15) is 4.79 Å². The van der Waals surface area contributed by atoms with Crippen molar-refractivity contribution in [3.05, 3.63) is 48.2 Å². The zero-order chi connectivity index (χ0) is 20.6. The molecule has 4 N–H and O–H groups in total. The molecule has 0 fully saturated rings. The minimum absolute atomic E-state index is 0.271. The molecule has 0 saturated heterocycles. The number of allylic oxidation sites excluding steroid dienone is 1. The number of carboxylic acid groups (broad SMARTS) is 1. The highest BCUT2D eigenvalue weighted by Crippen LogP contribution is 2.33. The number of hydrogen-bond donors (Lipinski definition) is 3. The van der Waals surface area contributed by atoms with Gasteiger partial charge in [0.2, 0.25) is 0 Å². The van der Waals surface area contributed by atoms with E-state index in [0.29, 0.717) is 6.42 Å². The first-order chi connectivity index (χ1) is 12.7. The SMILES string of the molecule is C=CC(C)(C)c1[nH]c2ccccc2c1C[C@H](N)C(=O)O.CCN(CC)CC. The maximum atomic E-state index is 11.0. The summed E-state index contributed by atoms with van der Waals surface area (Å²) in [7, 11) is 0. The molecule has 150 valence electrons. The number of hydrogen-bond acceptors (Lipinski definition) is 3. The Morgan fingerprint density at radius 1 is 1.26 bits per heavy atom. The van der Waals surface area contributed by atoms with Crippen LogP contribution in [0.25, 0.3) is 10.9 Å². The monoisotopic (exact) mass is 373 g/mol. The van der Waals surface area contributed by atoms with Gasteiger partial charge >= 0.3 is 5.97 Å². The molecule has 2 rings (SSSR count). The fraction of sp³-hybridized carbons (Fsp3) is 0.500. The number of carboxylic acids is 1. The number of nitrogens with one attached hydrogen (secondary N) is 1. The summed E-state index contributed by atoms with van der Waals surface area (Å²) in [5, 5.41) is 10.1. The number of rotatable bonds is 8. The van der Waals surface area contributed by atoms with E-state index >= 15 is 0 Å². The number of nitrogens with two attached hydrogens (primary N) is 1. The first-order valence-electron chi connectivity index (χ1n) is 9.66. The van der Waals surface area contributed by atoms with E-state index in [2.05, 4.69) is 37.2 Å². The van der Waals surface area contributed by atoms with Crippen molar-refractivity contribution in [3.63, 3.8) is 0 Å². The van der Waals surface area contributed by atoms with E-state index < -0.39 is 12.0 Å². The van der Waals surface area contributed by atoms with Crippen molar-refractivity contribution in [2.45, 2.75) is 52.5 Å². The lowest BCUT2D eigenvalue weighted by Gasteiger charge is -2.21. The van der Waals surface area contributed by atoms with Crippen LogP contribution < -0.4 is 5.73 Å². The number of benzene rings is 1. The lowest BCUT2D eigenvalue weighted by molar-refractivity contribution is -0.138. The number of aliphatic carboxylic acids is 1. The Labute approximate surface area is 163 Å². The van der Waals surface area contributed by atoms with Gasteiger partial charge in [-0.3, -0.25) is 4.79 Å². The zero-order valence-corrected chi connectivity index (χ0v) is 17.4. The number of H-pyrrole nitrogens is 1. The maximum absolute atomic E-state index is 11.0. The lowest BCUT2D eigenvalue weighted by atomic mass is 9.85. The zero-order valence-electron chi connectivity index (χ0n) is 17.4. The van der Waals surface area contributed by atoms with Crippen LogP contribution >= 0.6 is 0 Å². The van der Waals surface area contributed by atoms with Crippen molar-refractivity contribution in [2.24, 2.45) is 5.73 Å². The summed E-state index contributed by atoms with van der Waals surface area (Å²) >= 11 is 0. The average molecular weight is 374 g/mol. The Morgan fingerprint density at radius 3 is 2.26 bits per heavy atom. The van der Waals surface area contributed by atoms with Gasteiger partial charge in [0.15, 0.2) is 0 Å². The predicted molar refractivity (Wildman–Crippen MR) is 114 cm³/mol. The molecule has 1 aromatic carbocycles. The molecule has 0 radical (unpaired) electrons. The molecule has 0 aliphatic carbocycles. The first kappa shape index (κ1) is 22.9. The van der Waals surface area contributed by atoms with Crippen LogP contribution in [0.3, 0.4) is 0 Å². The molecule has 0 spiro atoms. The van der Waals surface area contributed by atoms with Crippen LogP contribution in [-0.2, 0) is 16.6 Å². The van der Waals surface area contributed by atoms with Crippen molar-refractivity contribution >= 4 is 16.9 Å². The topological polar surface area (TPSA) is 82.3 Å². The van der Waals surface area contributed by atoms with Crippen LogP contribution in [-0.4, -0.2) is 46.6 Å². The quantitative estimate of drug-likeness (QED) is 0.612. The molecule has 5 nitrogen and oxygen atoms in total. The highest BCUT2D eigenvalue weighted by atomic mass is 16.4. The van der Waals surface area contributed by atoms with Crippen LogP contribution in [0, 0.1) is 0 Å². The predicted octanol–water partition coefficient (Wildman–Crippen LogP) is 3.93. The van der Waals surface area contributed by atoms with E-state index in [-0.39, 0.29) is 5.41 Å². The minimum atomic E-state index is -0.988. The second kappa shape index (κ2) is 10.3. The summed E-state index contributed by atoms with van der Waals surface area (Å²) in [6.07, 6.45) is 2.15. The van der Waals surface area contributed by atoms with Crippen LogP contribution in [0.2, 0.25) is 0 Å². The molecule has 1 atom stereocenters. The molecule has 0 bridgehead atoms. The van der Waals surface area contributed by atoms with Crippen molar-refractivity contribution < 1.29 is 9.90 Å². The molecule has 1 aromatic heterocycles. The lowest BCUT2D eigenvalue weighted by Crippen LogP contribution is -2.33. The number of aromatic nitrogens is 1. The van der Waals surface area contributed by atoms with Gasteiger partial charge in [-0.25, -0.2) is 0 Å². The van der Waals surface area contributed by atoms with Crippen molar-refractivity contribution in [2.75, 3.05) is 19.6 Å². The Balaban J connectivity index is 0.000000445. The van der Waals surface area contributed by atoms with Crippen LogP contribution in [0.5, 0.6) is 0 Å². The number of para-hydroxylation sites is 1. The van der Waals surface area contributed by atoms with Gasteiger partial charge in [0, 0.05) is 28.4 Å². The van der Waals surface area contributed by atoms with Gasteiger partial charge < -0.3 is 20.7 Å². The van der Waals surface area contributed by atoms with Gasteiger partial charge in [0.1, 0.15) is 6.04 Å². The molecule has 5 heteroatoms. The molecule has 0 amide bonds. The molecular formula is C22H35N3O2. The summed E-state index contributed by atoms with van der Waals surface area (Å²) in [5.74, 6) is -0.988. The minimum Gasteiger partial charge on any atom is -0.480 e. The Morgan fingerprint density at radius 2 is 1.81 bits per heavy atom. The highest BCUT2D eigenvalue weighted by molar-refractivity contribution is 5.86. The standard InChI is InChI=1S/C16H20N2O2.C6H15N/c1-4-16(2,3)14-11(9-12(17)15(19)20)10-7-5-6-8-13(10)18-14;1-4-7(5-2)6-3/h4-8,12,18H,1,9,17H2,2-3H3,(H,19,20);4-6H2,1-3H3/t12-;/m0./s1. The van der Waals surface area contributed by atoms with Crippen LogP contribution in [0.4, 0.5) is 0 Å². The van der Waals surface area contributed by atoms with Gasteiger partial charge in [-0.2, -0.15) is 0 Å². The second-order valence-electron chi connectivity index (χ2n) is 7.22. The van der Waals surface area contributed by atoms with Gasteiger partial charge in [0.05, 0.1) is 0 Å². The molecule has 0 saturated carbocycles. The largest absolute Gasteiger partial charge is 0.480 e. The van der Waals surface area contributed by atoms with Gasteiger partial charge in [-0.1, -0.05) is 58.9 Å². The summed E-state index contributed by atoms with van der Waals surface area (Å²) in [5.41, 5.74) is 8.37. The maximum Gasteiger partial charge on any atom is 0.320 e. The van der Waals surface area contributed by atoms with E-state index in [1.807, 2.05) is 44.2 Å². The first-order valence-corrected chi connectivity index (χ1v) is 9.66. The smallest absolute Gasteiger partial charge is 0.320 e. The summed E-state index contributed by atoms with van der Waals surface area (Å²) in [4.78, 5) is 16.8. The fourth-order valence-electron chi connectivity index (χ4n) is 3.04. The second-order valence-corrected chi connectivity index (χ2v) is 7.22. The van der Waals surface area contributed by atoms with Crippen molar-refractivity contribution in [1.82, 2.24) is 9.88 Å². The van der Waals surface area contributed by atoms with E-state index in [4.69, 9.17) is 10.8 Å². The number of nitrogens with zero attached hydrogens (tertiary/aromatic N) is 1. The summed E-state index contributed by atoms with van der Waals surface area (Å²) < 4.78 is 0. The number of fused-ring (bicyclic) bond motifs is 1. The molecule has 0 unspecified atom stereocenters. The van der Waals surface area contributed by atoms with Gasteiger partial charge in [-0.05, 0) is 31.3 Å². The Hall–Kier alpha value is -2.11. The van der Waals surface area contributed by atoms with Crippen LogP contribution in [0.15, 0.2) is 36.9 Å². The third-order valence-corrected chi connectivity index (χ3v) is 5.05. The number of aromatic amines is 1. The van der Waals surface area contributed by atoms with Crippen LogP contribution in [0.1, 0.15) is 45.9 Å². The molecule has 27 heavy (non-hydrogen) atoms. The molecule has 2 aromatic rings. The van der Waals surface area contributed by atoms with Crippen molar-refractivity contribution in [3.8, 4) is 0 Å². The average Bonchev–Trinajstić information content (AvgIpc) is 3.03. The van der Waals surface area contributed by atoms with E-state index in [0.717, 1.165) is 22.2 Å². The third-order valence-electron chi connectivity index (χ3n) is 5.05. The third kappa shape index (κ3) is 5.94. The summed E-state index contributed by atoms with van der Waals surface area (Å²) in [6, 6.07) is 6.95. The van der Waals surface area contributed by atoms with Gasteiger partial charge in [0.25, 0.3) is 0 Å². The van der Waals surface area contributed by atoms with Gasteiger partial charge in [-0.15, -0.1) is 6.58 Å².